The number of nitrogens with two attached hydrogens (primary N) is 1. The van der Waals surface area contributed by atoms with Crippen molar-refractivity contribution in [3.63, 3.8) is 0 Å². The maximum atomic E-state index is 12.5. The molecule has 22 heavy (non-hydrogen) atoms. The van der Waals surface area contributed by atoms with Crippen molar-refractivity contribution in [2.75, 3.05) is 19.6 Å². The standard InChI is InChI=1S/C16H29N3O2.ClH/c1-2-3-10-18-14(20)13-6-11-19(12-7-13)15(21)16(17)8-4-5-9-16;/h13H,2-12,17H2,1H3,(H,18,20);1H. The lowest BCUT2D eigenvalue weighted by Crippen LogP contribution is -2.55. The molecule has 128 valence electrons. The van der Waals surface area contributed by atoms with E-state index >= 15 is 0 Å². The van der Waals surface area contributed by atoms with Crippen LogP contribution in [0.15, 0.2) is 0 Å². The van der Waals surface area contributed by atoms with Crippen LogP contribution in [0.3, 0.4) is 0 Å². The van der Waals surface area contributed by atoms with Crippen molar-refractivity contribution < 1.29 is 9.59 Å². The van der Waals surface area contributed by atoms with Gasteiger partial charge in [0.1, 0.15) is 0 Å². The molecule has 2 aliphatic rings. The number of piperidine rings is 1. The Morgan fingerprint density at radius 2 is 1.82 bits per heavy atom. The molecule has 1 heterocycles. The highest BCUT2D eigenvalue weighted by Crippen LogP contribution is 2.30. The molecule has 3 N–H and O–H groups in total. The van der Waals surface area contributed by atoms with Gasteiger partial charge in [0.05, 0.1) is 5.54 Å². The fraction of sp³-hybridized carbons (Fsp3) is 0.875. The van der Waals surface area contributed by atoms with E-state index in [2.05, 4.69) is 12.2 Å². The van der Waals surface area contributed by atoms with Gasteiger partial charge in [-0.05, 0) is 32.1 Å². The van der Waals surface area contributed by atoms with Gasteiger partial charge in [-0.2, -0.15) is 0 Å². The lowest BCUT2D eigenvalue weighted by molar-refractivity contribution is -0.140. The largest absolute Gasteiger partial charge is 0.356 e. The van der Waals surface area contributed by atoms with Crippen LogP contribution in [0.2, 0.25) is 0 Å². The van der Waals surface area contributed by atoms with Gasteiger partial charge in [-0.15, -0.1) is 12.4 Å². The first kappa shape index (κ1) is 19.2. The average Bonchev–Trinajstić information content (AvgIpc) is 2.95. The molecule has 0 unspecified atom stereocenters. The maximum absolute atomic E-state index is 12.5. The lowest BCUT2D eigenvalue weighted by Gasteiger charge is -2.36. The van der Waals surface area contributed by atoms with E-state index in [0.29, 0.717) is 13.1 Å². The van der Waals surface area contributed by atoms with Gasteiger partial charge < -0.3 is 16.0 Å². The maximum Gasteiger partial charge on any atom is 0.242 e. The first-order valence-electron chi connectivity index (χ1n) is 8.43. The van der Waals surface area contributed by atoms with Crippen LogP contribution in [-0.2, 0) is 9.59 Å². The zero-order valence-corrected chi connectivity index (χ0v) is 14.4. The molecule has 6 heteroatoms. The third kappa shape index (κ3) is 4.59. The third-order valence-electron chi connectivity index (χ3n) is 4.90. The highest BCUT2D eigenvalue weighted by atomic mass is 35.5. The number of likely N-dealkylation sites (tertiary alicyclic amines) is 1. The number of carbonyl (C=O) groups excluding carboxylic acids is 2. The summed E-state index contributed by atoms with van der Waals surface area (Å²) in [6.07, 6.45) is 7.37. The predicted molar refractivity (Wildman–Crippen MR) is 89.9 cm³/mol. The molecule has 1 saturated heterocycles. The second-order valence-corrected chi connectivity index (χ2v) is 6.57. The summed E-state index contributed by atoms with van der Waals surface area (Å²) in [4.78, 5) is 26.4. The Morgan fingerprint density at radius 3 is 2.36 bits per heavy atom. The van der Waals surface area contributed by atoms with Gasteiger partial charge in [0, 0.05) is 25.6 Å². The molecule has 2 fully saturated rings. The molecule has 1 aliphatic heterocycles. The number of halogens is 1. The van der Waals surface area contributed by atoms with Crippen molar-refractivity contribution in [1.29, 1.82) is 0 Å². The zero-order chi connectivity index (χ0) is 15.3. The fourth-order valence-corrected chi connectivity index (χ4v) is 3.41. The van der Waals surface area contributed by atoms with E-state index in [1.165, 1.54) is 0 Å². The first-order chi connectivity index (χ1) is 10.1. The van der Waals surface area contributed by atoms with Gasteiger partial charge in [-0.3, -0.25) is 9.59 Å². The van der Waals surface area contributed by atoms with E-state index in [-0.39, 0.29) is 30.1 Å². The number of rotatable bonds is 5. The van der Waals surface area contributed by atoms with Crippen molar-refractivity contribution in [3.8, 4) is 0 Å². The van der Waals surface area contributed by atoms with Crippen molar-refractivity contribution in [2.45, 2.75) is 63.8 Å². The third-order valence-corrected chi connectivity index (χ3v) is 4.90. The Bertz CT molecular complexity index is 376. The summed E-state index contributed by atoms with van der Waals surface area (Å²) in [6.45, 7) is 4.22. The van der Waals surface area contributed by atoms with Crippen LogP contribution in [0.4, 0.5) is 0 Å². The molecule has 0 atom stereocenters. The topological polar surface area (TPSA) is 75.4 Å². The molecule has 5 nitrogen and oxygen atoms in total. The molecule has 1 saturated carbocycles. The van der Waals surface area contributed by atoms with Crippen LogP contribution in [0, 0.1) is 5.92 Å². The molecule has 0 bridgehead atoms. The number of hydrogen-bond donors (Lipinski definition) is 2. The van der Waals surface area contributed by atoms with Crippen molar-refractivity contribution in [1.82, 2.24) is 10.2 Å². The van der Waals surface area contributed by atoms with Crippen LogP contribution in [-0.4, -0.2) is 41.9 Å². The highest BCUT2D eigenvalue weighted by molar-refractivity contribution is 5.87. The van der Waals surface area contributed by atoms with Crippen LogP contribution < -0.4 is 11.1 Å². The molecule has 0 aromatic rings. The molecule has 0 aromatic heterocycles. The quantitative estimate of drug-likeness (QED) is 0.755. The van der Waals surface area contributed by atoms with Gasteiger partial charge in [0.15, 0.2) is 0 Å². The van der Waals surface area contributed by atoms with E-state index in [9.17, 15) is 9.59 Å². The van der Waals surface area contributed by atoms with E-state index < -0.39 is 5.54 Å². The van der Waals surface area contributed by atoms with Crippen LogP contribution in [0.25, 0.3) is 0 Å². The lowest BCUT2D eigenvalue weighted by atomic mass is 9.92. The second-order valence-electron chi connectivity index (χ2n) is 6.57. The van der Waals surface area contributed by atoms with Crippen LogP contribution in [0.5, 0.6) is 0 Å². The molecular weight excluding hydrogens is 302 g/mol. The SMILES string of the molecule is CCCCNC(=O)C1CCN(C(=O)C2(N)CCCC2)CC1.Cl. The number of hydrogen-bond acceptors (Lipinski definition) is 3. The second kappa shape index (κ2) is 8.73. The van der Waals surface area contributed by atoms with Crippen LogP contribution >= 0.6 is 12.4 Å². The number of unbranched alkanes of at least 4 members (excludes halogenated alkanes) is 1. The summed E-state index contributed by atoms with van der Waals surface area (Å²) in [7, 11) is 0. The van der Waals surface area contributed by atoms with Gasteiger partial charge in [-0.1, -0.05) is 26.2 Å². The summed E-state index contributed by atoms with van der Waals surface area (Å²) >= 11 is 0. The minimum atomic E-state index is -0.629. The summed E-state index contributed by atoms with van der Waals surface area (Å²) in [5.41, 5.74) is 5.61. The zero-order valence-electron chi connectivity index (χ0n) is 13.6. The summed E-state index contributed by atoms with van der Waals surface area (Å²) < 4.78 is 0. The first-order valence-corrected chi connectivity index (χ1v) is 8.43. The van der Waals surface area contributed by atoms with Gasteiger partial charge in [0.25, 0.3) is 0 Å². The Morgan fingerprint density at radius 1 is 1.23 bits per heavy atom. The molecule has 1 aliphatic carbocycles. The molecular formula is C16H30ClN3O2. The van der Waals surface area contributed by atoms with E-state index in [1.54, 1.807) is 0 Å². The summed E-state index contributed by atoms with van der Waals surface area (Å²) in [5, 5.41) is 2.99. The molecule has 0 spiro atoms. The smallest absolute Gasteiger partial charge is 0.242 e. The molecule has 2 rings (SSSR count). The number of carbonyl (C=O) groups is 2. The van der Waals surface area contributed by atoms with Gasteiger partial charge in [0.2, 0.25) is 11.8 Å². The van der Waals surface area contributed by atoms with E-state index in [0.717, 1.165) is 57.9 Å². The van der Waals surface area contributed by atoms with Crippen molar-refractivity contribution >= 4 is 24.2 Å². The number of nitrogens with zero attached hydrogens (tertiary/aromatic N) is 1. The number of nitrogens with one attached hydrogen (secondary N) is 1. The molecule has 0 radical (unpaired) electrons. The monoisotopic (exact) mass is 331 g/mol. The van der Waals surface area contributed by atoms with E-state index in [1.807, 2.05) is 4.90 Å². The number of amides is 2. The molecule has 0 aromatic carbocycles. The van der Waals surface area contributed by atoms with E-state index in [4.69, 9.17) is 5.73 Å². The molecule has 2 amide bonds. The Hall–Kier alpha value is -0.810. The average molecular weight is 332 g/mol. The summed E-state index contributed by atoms with van der Waals surface area (Å²) in [6, 6.07) is 0. The van der Waals surface area contributed by atoms with Crippen LogP contribution in [0.1, 0.15) is 58.3 Å². The Labute approximate surface area is 139 Å². The minimum Gasteiger partial charge on any atom is -0.356 e. The van der Waals surface area contributed by atoms with Gasteiger partial charge >= 0.3 is 0 Å². The fourth-order valence-electron chi connectivity index (χ4n) is 3.41. The van der Waals surface area contributed by atoms with Crippen molar-refractivity contribution in [3.05, 3.63) is 0 Å². The normalized spacial score (nSPS) is 21.3. The minimum absolute atomic E-state index is 0. The Balaban J connectivity index is 0.00000242. The van der Waals surface area contributed by atoms with Gasteiger partial charge in [-0.25, -0.2) is 0 Å². The highest BCUT2D eigenvalue weighted by Gasteiger charge is 2.41. The van der Waals surface area contributed by atoms with Crippen molar-refractivity contribution in [2.24, 2.45) is 11.7 Å². The predicted octanol–water partition coefficient (Wildman–Crippen LogP) is 1.83. The Kier molecular flexibility index (Phi) is 7.63. The summed E-state index contributed by atoms with van der Waals surface area (Å²) in [5.74, 6) is 0.312.